The Morgan fingerprint density at radius 3 is 2.57 bits per heavy atom. The number of ether oxygens (including phenoxy) is 1. The maximum atomic E-state index is 12.8. The predicted octanol–water partition coefficient (Wildman–Crippen LogP) is 2.18. The molecule has 6 nitrogen and oxygen atoms in total. The summed E-state index contributed by atoms with van der Waals surface area (Å²) in [7, 11) is 4.13. The van der Waals surface area contributed by atoms with Gasteiger partial charge < -0.3 is 19.9 Å². The molecule has 0 aromatic heterocycles. The second-order valence-electron chi connectivity index (χ2n) is 8.98. The van der Waals surface area contributed by atoms with Crippen molar-refractivity contribution in [3.8, 4) is 0 Å². The summed E-state index contributed by atoms with van der Waals surface area (Å²) in [5.41, 5.74) is 1.49. The number of benzene rings is 1. The first-order valence-corrected chi connectivity index (χ1v) is 10.2. The zero-order valence-electron chi connectivity index (χ0n) is 17.6. The number of hydrogen-bond acceptors (Lipinski definition) is 4. The maximum Gasteiger partial charge on any atom is 0.237 e. The average Bonchev–Trinajstić information content (AvgIpc) is 2.85. The second-order valence-corrected chi connectivity index (χ2v) is 8.98. The zero-order chi connectivity index (χ0) is 20.4. The van der Waals surface area contributed by atoms with Crippen molar-refractivity contribution in [2.45, 2.75) is 38.5 Å². The number of fused-ring (bicyclic) bond motifs is 1. The third-order valence-corrected chi connectivity index (χ3v) is 6.08. The molecular formula is C22H33N3O3. The van der Waals surface area contributed by atoms with Crippen LogP contribution < -0.4 is 10.2 Å². The summed E-state index contributed by atoms with van der Waals surface area (Å²) in [6, 6.07) is 7.87. The molecule has 28 heavy (non-hydrogen) atoms. The van der Waals surface area contributed by atoms with Crippen molar-refractivity contribution < 1.29 is 14.3 Å². The molecule has 0 radical (unpaired) electrons. The minimum atomic E-state index is -0.537. The third-order valence-electron chi connectivity index (χ3n) is 6.08. The van der Waals surface area contributed by atoms with Crippen molar-refractivity contribution in [3.63, 3.8) is 0 Å². The molecule has 1 aromatic carbocycles. The fourth-order valence-corrected chi connectivity index (χ4v) is 4.48. The van der Waals surface area contributed by atoms with Crippen molar-refractivity contribution in [3.05, 3.63) is 29.8 Å². The van der Waals surface area contributed by atoms with E-state index in [0.29, 0.717) is 19.5 Å². The molecule has 2 aliphatic rings. The van der Waals surface area contributed by atoms with E-state index in [9.17, 15) is 9.59 Å². The lowest BCUT2D eigenvalue weighted by Gasteiger charge is -2.39. The molecule has 154 valence electrons. The number of nitrogens with one attached hydrogen (secondary N) is 1. The smallest absolute Gasteiger partial charge is 0.237 e. The number of para-hydroxylation sites is 1. The lowest BCUT2D eigenvalue weighted by molar-refractivity contribution is -0.123. The van der Waals surface area contributed by atoms with Crippen LogP contribution in [0.2, 0.25) is 0 Å². The molecular weight excluding hydrogens is 354 g/mol. The first-order valence-electron chi connectivity index (χ1n) is 10.2. The highest BCUT2D eigenvalue weighted by Gasteiger charge is 2.43. The molecule has 0 saturated carbocycles. The van der Waals surface area contributed by atoms with Crippen LogP contribution in [0, 0.1) is 5.41 Å². The van der Waals surface area contributed by atoms with Crippen LogP contribution >= 0.6 is 0 Å². The van der Waals surface area contributed by atoms with Crippen LogP contribution in [-0.4, -0.2) is 63.7 Å². The van der Waals surface area contributed by atoms with Crippen LogP contribution in [0.1, 0.15) is 38.7 Å². The van der Waals surface area contributed by atoms with Crippen LogP contribution in [-0.2, 0) is 19.7 Å². The summed E-state index contributed by atoms with van der Waals surface area (Å²) < 4.78 is 5.52. The lowest BCUT2D eigenvalue weighted by Crippen LogP contribution is -2.47. The molecule has 2 amide bonds. The molecule has 0 bridgehead atoms. The molecule has 0 aliphatic carbocycles. The minimum absolute atomic E-state index is 0.000361. The van der Waals surface area contributed by atoms with E-state index in [0.717, 1.165) is 43.9 Å². The van der Waals surface area contributed by atoms with Gasteiger partial charge in [-0.15, -0.1) is 0 Å². The van der Waals surface area contributed by atoms with E-state index in [4.69, 9.17) is 4.74 Å². The van der Waals surface area contributed by atoms with Gasteiger partial charge in [-0.1, -0.05) is 18.2 Å². The summed E-state index contributed by atoms with van der Waals surface area (Å²) in [4.78, 5) is 29.3. The number of amides is 2. The summed E-state index contributed by atoms with van der Waals surface area (Å²) in [6.07, 6.45) is 2.22. The van der Waals surface area contributed by atoms with E-state index < -0.39 is 5.41 Å². The highest BCUT2D eigenvalue weighted by atomic mass is 16.5. The van der Waals surface area contributed by atoms with Crippen molar-refractivity contribution in [2.24, 2.45) is 5.41 Å². The van der Waals surface area contributed by atoms with Crippen molar-refractivity contribution in [1.82, 2.24) is 10.2 Å². The molecule has 1 saturated heterocycles. The predicted molar refractivity (Wildman–Crippen MR) is 110 cm³/mol. The Kier molecular flexibility index (Phi) is 6.10. The standard InChI is InChI=1S/C22H33N3O3/c1-21(2)17-7-5-6-8-18(17)25(20(21)27)12-9-19(26)23-15-22(16-24(3)4)10-13-28-14-11-22/h5-8H,9-16H2,1-4H3,(H,23,26). The Morgan fingerprint density at radius 2 is 1.89 bits per heavy atom. The highest BCUT2D eigenvalue weighted by molar-refractivity contribution is 6.07. The number of hydrogen-bond donors (Lipinski definition) is 1. The molecule has 6 heteroatoms. The Balaban J connectivity index is 1.58. The van der Waals surface area contributed by atoms with Gasteiger partial charge in [-0.3, -0.25) is 9.59 Å². The minimum Gasteiger partial charge on any atom is -0.381 e. The van der Waals surface area contributed by atoms with E-state index in [1.54, 1.807) is 4.90 Å². The van der Waals surface area contributed by atoms with Gasteiger partial charge in [0.1, 0.15) is 0 Å². The van der Waals surface area contributed by atoms with Crippen LogP contribution in [0.5, 0.6) is 0 Å². The molecule has 0 unspecified atom stereocenters. The monoisotopic (exact) mass is 387 g/mol. The average molecular weight is 388 g/mol. The SMILES string of the molecule is CN(C)CC1(CNC(=O)CCN2C(=O)C(C)(C)c3ccccc32)CCOCC1. The van der Waals surface area contributed by atoms with Gasteiger partial charge in [-0.2, -0.15) is 0 Å². The van der Waals surface area contributed by atoms with Crippen LogP contribution in [0.25, 0.3) is 0 Å². The van der Waals surface area contributed by atoms with E-state index in [-0.39, 0.29) is 17.2 Å². The van der Waals surface area contributed by atoms with E-state index in [1.807, 2.05) is 38.1 Å². The normalized spacial score (nSPS) is 20.3. The summed E-state index contributed by atoms with van der Waals surface area (Å²) in [5, 5.41) is 3.12. The topological polar surface area (TPSA) is 61.9 Å². The van der Waals surface area contributed by atoms with E-state index in [1.165, 1.54) is 0 Å². The van der Waals surface area contributed by atoms with Crippen LogP contribution in [0.15, 0.2) is 24.3 Å². The Bertz CT molecular complexity index is 723. The molecule has 1 aromatic rings. The van der Waals surface area contributed by atoms with Crippen molar-refractivity contribution >= 4 is 17.5 Å². The summed E-state index contributed by atoms with van der Waals surface area (Å²) in [6.45, 7) is 7.39. The van der Waals surface area contributed by atoms with Crippen LogP contribution in [0.4, 0.5) is 5.69 Å². The molecule has 0 atom stereocenters. The second kappa shape index (κ2) is 8.21. The lowest BCUT2D eigenvalue weighted by atomic mass is 9.79. The van der Waals surface area contributed by atoms with Gasteiger partial charge in [0, 0.05) is 50.4 Å². The first-order chi connectivity index (χ1) is 13.3. The Hall–Kier alpha value is -1.92. The number of rotatable bonds is 7. The maximum absolute atomic E-state index is 12.8. The Morgan fingerprint density at radius 1 is 1.21 bits per heavy atom. The summed E-state index contributed by atoms with van der Waals surface area (Å²) in [5.74, 6) is 0.0645. The largest absolute Gasteiger partial charge is 0.381 e. The summed E-state index contributed by atoms with van der Waals surface area (Å²) >= 11 is 0. The molecule has 2 heterocycles. The molecule has 1 N–H and O–H groups in total. The Labute approximate surface area is 168 Å². The number of carbonyl (C=O) groups is 2. The van der Waals surface area contributed by atoms with Gasteiger partial charge in [0.25, 0.3) is 0 Å². The van der Waals surface area contributed by atoms with Gasteiger partial charge in [0.05, 0.1) is 5.41 Å². The van der Waals surface area contributed by atoms with Gasteiger partial charge >= 0.3 is 0 Å². The molecule has 2 aliphatic heterocycles. The number of carbonyl (C=O) groups excluding carboxylic acids is 2. The van der Waals surface area contributed by atoms with Gasteiger partial charge in [0.2, 0.25) is 11.8 Å². The van der Waals surface area contributed by atoms with Crippen molar-refractivity contribution in [2.75, 3.05) is 51.8 Å². The molecule has 1 fully saturated rings. The third kappa shape index (κ3) is 4.23. The van der Waals surface area contributed by atoms with Gasteiger partial charge in [-0.05, 0) is 52.4 Å². The van der Waals surface area contributed by atoms with Crippen molar-refractivity contribution in [1.29, 1.82) is 0 Å². The van der Waals surface area contributed by atoms with E-state index >= 15 is 0 Å². The van der Waals surface area contributed by atoms with Gasteiger partial charge in [-0.25, -0.2) is 0 Å². The fourth-order valence-electron chi connectivity index (χ4n) is 4.48. The number of anilines is 1. The van der Waals surface area contributed by atoms with E-state index in [2.05, 4.69) is 24.3 Å². The molecule has 3 rings (SSSR count). The highest BCUT2D eigenvalue weighted by Crippen LogP contribution is 2.41. The van der Waals surface area contributed by atoms with Crippen LogP contribution in [0.3, 0.4) is 0 Å². The number of nitrogens with zero attached hydrogens (tertiary/aromatic N) is 2. The quantitative estimate of drug-likeness (QED) is 0.779. The fraction of sp³-hybridized carbons (Fsp3) is 0.636. The van der Waals surface area contributed by atoms with Gasteiger partial charge in [0.15, 0.2) is 0 Å². The zero-order valence-corrected chi connectivity index (χ0v) is 17.6. The molecule has 0 spiro atoms. The first kappa shape index (κ1) is 20.8.